The summed E-state index contributed by atoms with van der Waals surface area (Å²) in [4.78, 5) is 31.9. The van der Waals surface area contributed by atoms with Crippen LogP contribution in [0.1, 0.15) is 27.2 Å². The molecule has 0 saturated carbocycles. The standard InChI is InChI=1S/C21H31N5O4/c1-21(2,3)30-20(28)25-12-15(13-25)24-19(22-4)23-10-7-11-26-16-8-5-6-9-17(16)29-14-18(26)27/h5-6,8-9,15H,7,10-14H2,1-4H3,(H2,22,23,24). The average Bonchev–Trinajstić information content (AvgIpc) is 2.65. The molecule has 2 N–H and O–H groups in total. The number of hydrogen-bond acceptors (Lipinski definition) is 5. The van der Waals surface area contributed by atoms with Crippen molar-refractivity contribution in [2.45, 2.75) is 38.8 Å². The Kier molecular flexibility index (Phi) is 6.69. The van der Waals surface area contributed by atoms with Gasteiger partial charge in [-0.15, -0.1) is 0 Å². The number of ether oxygens (including phenoxy) is 2. The highest BCUT2D eigenvalue weighted by molar-refractivity contribution is 5.97. The van der Waals surface area contributed by atoms with Gasteiger partial charge in [0.05, 0.1) is 11.7 Å². The molecule has 0 atom stereocenters. The molecule has 2 aliphatic rings. The van der Waals surface area contributed by atoms with Crippen LogP contribution in [0.25, 0.3) is 0 Å². The van der Waals surface area contributed by atoms with E-state index in [9.17, 15) is 9.59 Å². The smallest absolute Gasteiger partial charge is 0.410 e. The van der Waals surface area contributed by atoms with Gasteiger partial charge in [0.1, 0.15) is 11.4 Å². The van der Waals surface area contributed by atoms with Gasteiger partial charge in [0.15, 0.2) is 12.6 Å². The van der Waals surface area contributed by atoms with Crippen LogP contribution in [-0.4, -0.2) is 74.3 Å². The molecular formula is C21H31N5O4. The maximum absolute atomic E-state index is 12.2. The van der Waals surface area contributed by atoms with Gasteiger partial charge in [-0.05, 0) is 39.3 Å². The summed E-state index contributed by atoms with van der Waals surface area (Å²) in [5.41, 5.74) is 0.322. The first-order valence-electron chi connectivity index (χ1n) is 10.2. The number of nitrogens with zero attached hydrogens (tertiary/aromatic N) is 3. The van der Waals surface area contributed by atoms with Crippen LogP contribution in [-0.2, 0) is 9.53 Å². The number of anilines is 1. The molecule has 30 heavy (non-hydrogen) atoms. The lowest BCUT2D eigenvalue weighted by Gasteiger charge is -2.40. The van der Waals surface area contributed by atoms with Crippen LogP contribution in [0.15, 0.2) is 29.3 Å². The molecule has 164 valence electrons. The molecule has 2 heterocycles. The van der Waals surface area contributed by atoms with Crippen LogP contribution in [0.4, 0.5) is 10.5 Å². The average molecular weight is 418 g/mol. The van der Waals surface area contributed by atoms with Gasteiger partial charge in [0.25, 0.3) is 5.91 Å². The number of carbonyl (C=O) groups is 2. The molecule has 0 spiro atoms. The van der Waals surface area contributed by atoms with Crippen LogP contribution < -0.4 is 20.3 Å². The summed E-state index contributed by atoms with van der Waals surface area (Å²) in [6.45, 7) is 8.06. The number of aliphatic imine (C=N–C) groups is 1. The number of fused-ring (bicyclic) bond motifs is 1. The van der Waals surface area contributed by atoms with E-state index in [-0.39, 0.29) is 24.6 Å². The van der Waals surface area contributed by atoms with Crippen LogP contribution in [0.5, 0.6) is 5.75 Å². The predicted octanol–water partition coefficient (Wildman–Crippen LogP) is 1.59. The van der Waals surface area contributed by atoms with Crippen molar-refractivity contribution in [1.82, 2.24) is 15.5 Å². The van der Waals surface area contributed by atoms with E-state index >= 15 is 0 Å². The first-order valence-corrected chi connectivity index (χ1v) is 10.2. The molecule has 9 heteroatoms. The molecule has 0 unspecified atom stereocenters. The van der Waals surface area contributed by atoms with E-state index in [4.69, 9.17) is 9.47 Å². The Morgan fingerprint density at radius 3 is 2.73 bits per heavy atom. The highest BCUT2D eigenvalue weighted by atomic mass is 16.6. The molecule has 2 aliphatic heterocycles. The first kappa shape index (κ1) is 21.7. The molecule has 0 aromatic heterocycles. The normalized spacial score (nSPS) is 17.1. The number of rotatable bonds is 5. The molecule has 0 aliphatic carbocycles. The van der Waals surface area contributed by atoms with Gasteiger partial charge in [0.2, 0.25) is 0 Å². The molecule has 3 rings (SSSR count). The molecule has 1 fully saturated rings. The van der Waals surface area contributed by atoms with Crippen LogP contribution in [0.3, 0.4) is 0 Å². The third-order valence-corrected chi connectivity index (χ3v) is 4.76. The second-order valence-electron chi connectivity index (χ2n) is 8.38. The summed E-state index contributed by atoms with van der Waals surface area (Å²) in [6.07, 6.45) is 0.467. The summed E-state index contributed by atoms with van der Waals surface area (Å²) in [5, 5.41) is 6.57. The van der Waals surface area contributed by atoms with E-state index in [1.807, 2.05) is 45.0 Å². The number of guanidine groups is 1. The number of nitrogens with one attached hydrogen (secondary N) is 2. The van der Waals surface area contributed by atoms with Crippen LogP contribution in [0, 0.1) is 0 Å². The van der Waals surface area contributed by atoms with E-state index in [2.05, 4.69) is 15.6 Å². The minimum atomic E-state index is -0.491. The molecule has 1 saturated heterocycles. The Morgan fingerprint density at radius 1 is 1.30 bits per heavy atom. The fraction of sp³-hybridized carbons (Fsp3) is 0.571. The zero-order chi connectivity index (χ0) is 21.7. The second-order valence-corrected chi connectivity index (χ2v) is 8.38. The fourth-order valence-electron chi connectivity index (χ4n) is 3.28. The summed E-state index contributed by atoms with van der Waals surface area (Å²) >= 11 is 0. The lowest BCUT2D eigenvalue weighted by Crippen LogP contribution is -2.63. The highest BCUT2D eigenvalue weighted by Gasteiger charge is 2.34. The monoisotopic (exact) mass is 417 g/mol. The van der Waals surface area contributed by atoms with Gasteiger partial charge < -0.3 is 29.9 Å². The van der Waals surface area contributed by atoms with E-state index in [0.29, 0.717) is 32.1 Å². The SMILES string of the molecule is CN=C(NCCCN1C(=O)COc2ccccc21)NC1CN(C(=O)OC(C)(C)C)C1. The largest absolute Gasteiger partial charge is 0.482 e. The van der Waals surface area contributed by atoms with Crippen molar-refractivity contribution in [1.29, 1.82) is 0 Å². The lowest BCUT2D eigenvalue weighted by molar-refractivity contribution is -0.121. The molecule has 9 nitrogen and oxygen atoms in total. The fourth-order valence-corrected chi connectivity index (χ4v) is 3.28. The summed E-state index contributed by atoms with van der Waals surface area (Å²) in [7, 11) is 1.71. The van der Waals surface area contributed by atoms with Crippen LogP contribution in [0.2, 0.25) is 0 Å². The number of hydrogen-bond donors (Lipinski definition) is 2. The zero-order valence-corrected chi connectivity index (χ0v) is 18.1. The summed E-state index contributed by atoms with van der Waals surface area (Å²) < 4.78 is 10.8. The third kappa shape index (κ3) is 5.55. The summed E-state index contributed by atoms with van der Waals surface area (Å²) in [6, 6.07) is 7.70. The van der Waals surface area contributed by atoms with Crippen molar-refractivity contribution < 1.29 is 19.1 Å². The topological polar surface area (TPSA) is 95.5 Å². The Hall–Kier alpha value is -2.97. The quantitative estimate of drug-likeness (QED) is 0.429. The lowest BCUT2D eigenvalue weighted by atomic mass is 10.1. The molecule has 2 amide bonds. The van der Waals surface area contributed by atoms with Gasteiger partial charge >= 0.3 is 6.09 Å². The number of carbonyl (C=O) groups excluding carboxylic acids is 2. The number of amides is 2. The van der Waals surface area contributed by atoms with Gasteiger partial charge in [-0.3, -0.25) is 9.79 Å². The number of benzene rings is 1. The summed E-state index contributed by atoms with van der Waals surface area (Å²) in [5.74, 6) is 1.38. The van der Waals surface area contributed by atoms with Crippen molar-refractivity contribution in [3.05, 3.63) is 24.3 Å². The maximum atomic E-state index is 12.2. The minimum Gasteiger partial charge on any atom is -0.482 e. The zero-order valence-electron chi connectivity index (χ0n) is 18.1. The van der Waals surface area contributed by atoms with E-state index in [0.717, 1.165) is 17.9 Å². The van der Waals surface area contributed by atoms with Crippen molar-refractivity contribution in [2.75, 3.05) is 44.7 Å². The van der Waals surface area contributed by atoms with Crippen molar-refractivity contribution in [3.8, 4) is 5.75 Å². The predicted molar refractivity (Wildman–Crippen MR) is 115 cm³/mol. The third-order valence-electron chi connectivity index (χ3n) is 4.76. The molecule has 1 aromatic rings. The molecular weight excluding hydrogens is 386 g/mol. The van der Waals surface area contributed by atoms with Gasteiger partial charge in [-0.25, -0.2) is 4.79 Å². The Labute approximate surface area is 177 Å². The second kappa shape index (κ2) is 9.23. The van der Waals surface area contributed by atoms with E-state index < -0.39 is 5.60 Å². The van der Waals surface area contributed by atoms with Crippen molar-refractivity contribution in [2.24, 2.45) is 4.99 Å². The molecule has 0 radical (unpaired) electrons. The van der Waals surface area contributed by atoms with E-state index in [1.165, 1.54) is 0 Å². The maximum Gasteiger partial charge on any atom is 0.410 e. The Bertz CT molecular complexity index is 799. The van der Waals surface area contributed by atoms with Gasteiger partial charge in [0, 0.05) is 33.2 Å². The van der Waals surface area contributed by atoms with Crippen molar-refractivity contribution >= 4 is 23.6 Å². The van der Waals surface area contributed by atoms with E-state index in [1.54, 1.807) is 16.8 Å². The van der Waals surface area contributed by atoms with Crippen molar-refractivity contribution in [3.63, 3.8) is 0 Å². The Morgan fingerprint density at radius 2 is 2.03 bits per heavy atom. The van der Waals surface area contributed by atoms with Crippen LogP contribution >= 0.6 is 0 Å². The van der Waals surface area contributed by atoms with Gasteiger partial charge in [-0.1, -0.05) is 12.1 Å². The molecule has 1 aromatic carbocycles. The molecule has 0 bridgehead atoms. The highest BCUT2D eigenvalue weighted by Crippen LogP contribution is 2.31. The number of para-hydroxylation sites is 2. The Balaban J connectivity index is 1.38. The minimum absolute atomic E-state index is 0.0343. The van der Waals surface area contributed by atoms with Gasteiger partial charge in [-0.2, -0.15) is 0 Å². The first-order chi connectivity index (χ1) is 14.3. The number of likely N-dealkylation sites (tertiary alicyclic amines) is 1.